The molecule has 0 radical (unpaired) electrons. The fourth-order valence-corrected chi connectivity index (χ4v) is 3.72. The lowest BCUT2D eigenvalue weighted by Gasteiger charge is -2.37. The first-order chi connectivity index (χ1) is 11.9. The molecular formula is C16H18N4O4S. The van der Waals surface area contributed by atoms with E-state index in [1.54, 1.807) is 0 Å². The predicted octanol–water partition coefficient (Wildman–Crippen LogP) is 1.57. The van der Waals surface area contributed by atoms with Crippen LogP contribution in [0.5, 0.6) is 0 Å². The predicted molar refractivity (Wildman–Crippen MR) is 95.3 cm³/mol. The highest BCUT2D eigenvalue weighted by molar-refractivity contribution is 7.89. The first kappa shape index (κ1) is 17.2. The Balaban J connectivity index is 1.85. The van der Waals surface area contributed by atoms with Crippen LogP contribution in [0.3, 0.4) is 0 Å². The lowest BCUT2D eigenvalue weighted by atomic mass is 10.2. The largest absolute Gasteiger partial charge is 0.368 e. The number of para-hydroxylation sites is 1. The summed E-state index contributed by atoms with van der Waals surface area (Å²) in [6.45, 7) is 2.61. The van der Waals surface area contributed by atoms with Crippen molar-refractivity contribution in [3.63, 3.8) is 0 Å². The zero-order chi connectivity index (χ0) is 18.0. The van der Waals surface area contributed by atoms with E-state index in [1.165, 1.54) is 12.1 Å². The number of hydrogen-bond donors (Lipinski definition) is 1. The van der Waals surface area contributed by atoms with Gasteiger partial charge in [-0.2, -0.15) is 0 Å². The minimum absolute atomic E-state index is 0.213. The summed E-state index contributed by atoms with van der Waals surface area (Å²) in [5, 5.41) is 16.2. The molecule has 0 amide bonds. The quantitative estimate of drug-likeness (QED) is 0.653. The number of nitro groups is 1. The monoisotopic (exact) mass is 362 g/mol. The number of nitrogens with two attached hydrogens (primary N) is 1. The second-order valence-corrected chi connectivity index (χ2v) is 7.29. The maximum absolute atomic E-state index is 11.9. The summed E-state index contributed by atoms with van der Waals surface area (Å²) in [5.41, 5.74) is 1.22. The Kier molecular flexibility index (Phi) is 4.60. The maximum atomic E-state index is 11.9. The number of nitrogens with zero attached hydrogens (tertiary/aromatic N) is 3. The smallest absolute Gasteiger partial charge is 0.270 e. The highest BCUT2D eigenvalue weighted by atomic mass is 32.2. The number of benzene rings is 2. The van der Waals surface area contributed by atoms with Gasteiger partial charge in [0.25, 0.3) is 5.69 Å². The van der Waals surface area contributed by atoms with E-state index >= 15 is 0 Å². The first-order valence-corrected chi connectivity index (χ1v) is 9.27. The molecule has 0 aromatic heterocycles. The fraction of sp³-hybridized carbons (Fsp3) is 0.250. The van der Waals surface area contributed by atoms with Gasteiger partial charge in [0.1, 0.15) is 4.90 Å². The van der Waals surface area contributed by atoms with Gasteiger partial charge in [0.05, 0.1) is 10.6 Å². The van der Waals surface area contributed by atoms with Gasteiger partial charge in [-0.15, -0.1) is 0 Å². The van der Waals surface area contributed by atoms with Crippen molar-refractivity contribution in [2.45, 2.75) is 4.90 Å². The minimum atomic E-state index is -4.06. The molecule has 2 N–H and O–H groups in total. The maximum Gasteiger partial charge on any atom is 0.270 e. The summed E-state index contributed by atoms with van der Waals surface area (Å²) < 4.78 is 23.8. The van der Waals surface area contributed by atoms with Gasteiger partial charge in [-0.1, -0.05) is 18.2 Å². The molecular weight excluding hydrogens is 344 g/mol. The number of piperazine rings is 1. The van der Waals surface area contributed by atoms with Crippen molar-refractivity contribution in [3.05, 3.63) is 58.6 Å². The molecule has 2 aromatic rings. The highest BCUT2D eigenvalue weighted by Crippen LogP contribution is 2.30. The van der Waals surface area contributed by atoms with Crippen LogP contribution in [0.15, 0.2) is 53.4 Å². The Bertz CT molecular complexity index is 878. The zero-order valence-electron chi connectivity index (χ0n) is 13.4. The Morgan fingerprint density at radius 2 is 1.56 bits per heavy atom. The van der Waals surface area contributed by atoms with Crippen LogP contribution in [-0.2, 0) is 10.0 Å². The topological polar surface area (TPSA) is 110 Å². The van der Waals surface area contributed by atoms with Crippen molar-refractivity contribution in [3.8, 4) is 0 Å². The summed E-state index contributed by atoms with van der Waals surface area (Å²) >= 11 is 0. The van der Waals surface area contributed by atoms with Crippen LogP contribution < -0.4 is 14.9 Å². The van der Waals surface area contributed by atoms with Crippen LogP contribution >= 0.6 is 0 Å². The molecule has 0 aliphatic carbocycles. The molecule has 0 saturated carbocycles. The lowest BCUT2D eigenvalue weighted by Crippen LogP contribution is -2.47. The van der Waals surface area contributed by atoms with Gasteiger partial charge in [-0.05, 0) is 18.2 Å². The van der Waals surface area contributed by atoms with Crippen LogP contribution in [0.25, 0.3) is 0 Å². The van der Waals surface area contributed by atoms with Crippen molar-refractivity contribution in [1.82, 2.24) is 0 Å². The van der Waals surface area contributed by atoms with Gasteiger partial charge in [-0.3, -0.25) is 10.1 Å². The fourth-order valence-electron chi connectivity index (χ4n) is 2.95. The van der Waals surface area contributed by atoms with E-state index in [2.05, 4.69) is 4.90 Å². The summed E-state index contributed by atoms with van der Waals surface area (Å²) in [4.78, 5) is 14.2. The minimum Gasteiger partial charge on any atom is -0.368 e. The van der Waals surface area contributed by atoms with Crippen LogP contribution in [0.2, 0.25) is 0 Å². The van der Waals surface area contributed by atoms with Gasteiger partial charge in [0.15, 0.2) is 0 Å². The number of primary sulfonamides is 1. The van der Waals surface area contributed by atoms with E-state index in [0.29, 0.717) is 31.9 Å². The summed E-state index contributed by atoms with van der Waals surface area (Å²) in [5.74, 6) is 0. The molecule has 0 unspecified atom stereocenters. The first-order valence-electron chi connectivity index (χ1n) is 7.72. The van der Waals surface area contributed by atoms with Crippen LogP contribution in [-0.4, -0.2) is 39.5 Å². The molecule has 132 valence electrons. The molecule has 1 aliphatic heterocycles. The SMILES string of the molecule is NS(=O)(=O)c1cc([N+](=O)[O-])ccc1N1CCN(c2ccccc2)CC1. The third-order valence-corrected chi connectivity index (χ3v) is 5.14. The molecule has 9 heteroatoms. The number of rotatable bonds is 4. The molecule has 1 heterocycles. The Labute approximate surface area is 145 Å². The second-order valence-electron chi connectivity index (χ2n) is 5.76. The Morgan fingerprint density at radius 3 is 2.12 bits per heavy atom. The number of anilines is 2. The van der Waals surface area contributed by atoms with E-state index in [9.17, 15) is 18.5 Å². The molecule has 8 nitrogen and oxygen atoms in total. The molecule has 0 bridgehead atoms. The third-order valence-electron chi connectivity index (χ3n) is 4.20. The molecule has 3 rings (SSSR count). The van der Waals surface area contributed by atoms with Gasteiger partial charge < -0.3 is 9.80 Å². The van der Waals surface area contributed by atoms with Gasteiger partial charge in [-0.25, -0.2) is 13.6 Å². The van der Waals surface area contributed by atoms with E-state index < -0.39 is 14.9 Å². The van der Waals surface area contributed by atoms with Crippen LogP contribution in [0.1, 0.15) is 0 Å². The molecule has 1 saturated heterocycles. The van der Waals surface area contributed by atoms with E-state index in [0.717, 1.165) is 11.8 Å². The Morgan fingerprint density at radius 1 is 0.960 bits per heavy atom. The molecule has 25 heavy (non-hydrogen) atoms. The van der Waals surface area contributed by atoms with Crippen molar-refractivity contribution < 1.29 is 13.3 Å². The van der Waals surface area contributed by atoms with E-state index in [1.807, 2.05) is 35.2 Å². The van der Waals surface area contributed by atoms with Crippen molar-refractivity contribution in [2.24, 2.45) is 5.14 Å². The standard InChI is InChI=1S/C16H18N4O4S/c17-25(23,24)16-12-14(20(21)22)6-7-15(16)19-10-8-18(9-11-19)13-4-2-1-3-5-13/h1-7,12H,8-11H2,(H2,17,23,24). The van der Waals surface area contributed by atoms with Crippen molar-refractivity contribution >= 4 is 27.1 Å². The van der Waals surface area contributed by atoms with E-state index in [4.69, 9.17) is 5.14 Å². The number of hydrogen-bond acceptors (Lipinski definition) is 6. The van der Waals surface area contributed by atoms with Crippen molar-refractivity contribution in [1.29, 1.82) is 0 Å². The van der Waals surface area contributed by atoms with Gasteiger partial charge in [0, 0.05) is 44.0 Å². The molecule has 2 aromatic carbocycles. The molecule has 0 spiro atoms. The number of sulfonamides is 1. The van der Waals surface area contributed by atoms with Crippen LogP contribution in [0.4, 0.5) is 17.1 Å². The normalized spacial score (nSPS) is 15.2. The highest BCUT2D eigenvalue weighted by Gasteiger charge is 2.25. The number of nitro benzene ring substituents is 1. The van der Waals surface area contributed by atoms with Gasteiger partial charge in [0.2, 0.25) is 10.0 Å². The summed E-state index contributed by atoms with van der Waals surface area (Å²) in [6.07, 6.45) is 0. The van der Waals surface area contributed by atoms with Gasteiger partial charge >= 0.3 is 0 Å². The second kappa shape index (κ2) is 6.69. The molecule has 0 atom stereocenters. The van der Waals surface area contributed by atoms with E-state index in [-0.39, 0.29) is 10.6 Å². The summed E-state index contributed by atoms with van der Waals surface area (Å²) in [6, 6.07) is 13.7. The Hall–Kier alpha value is -2.65. The zero-order valence-corrected chi connectivity index (χ0v) is 14.2. The molecule has 1 aliphatic rings. The molecule has 1 fully saturated rings. The lowest BCUT2D eigenvalue weighted by molar-refractivity contribution is -0.385. The average Bonchev–Trinajstić information content (AvgIpc) is 2.61. The third kappa shape index (κ3) is 3.72. The number of non-ortho nitro benzene ring substituents is 1. The summed E-state index contributed by atoms with van der Waals surface area (Å²) in [7, 11) is -4.06. The van der Waals surface area contributed by atoms with Crippen molar-refractivity contribution in [2.75, 3.05) is 36.0 Å². The van der Waals surface area contributed by atoms with Crippen LogP contribution in [0, 0.1) is 10.1 Å². The average molecular weight is 362 g/mol.